The molecule has 1 aliphatic rings. The first-order valence-corrected chi connectivity index (χ1v) is 20.3. The van der Waals surface area contributed by atoms with E-state index < -0.39 is 11.5 Å². The fourth-order valence-electron chi connectivity index (χ4n) is 6.11. The van der Waals surface area contributed by atoms with Crippen molar-refractivity contribution in [3.8, 4) is 0 Å². The maximum absolute atomic E-state index is 11.4. The number of pyridine rings is 2. The van der Waals surface area contributed by atoms with Gasteiger partial charge >= 0.3 is 11.5 Å². The van der Waals surface area contributed by atoms with Gasteiger partial charge in [0.15, 0.2) is 0 Å². The molecule has 0 atom stereocenters. The number of carbonyl (C=O) groups is 2. The number of anilines is 2. The highest BCUT2D eigenvalue weighted by atomic mass is 35.5. The summed E-state index contributed by atoms with van der Waals surface area (Å²) in [7, 11) is 2.57. The van der Waals surface area contributed by atoms with Gasteiger partial charge in [0.25, 0.3) is 0 Å². The van der Waals surface area contributed by atoms with Crippen LogP contribution in [-0.2, 0) is 39.9 Å². The number of aromatic amines is 2. The monoisotopic (exact) mass is 858 g/mol. The van der Waals surface area contributed by atoms with Gasteiger partial charge in [-0.3, -0.25) is 5.32 Å². The van der Waals surface area contributed by atoms with E-state index >= 15 is 0 Å². The lowest BCUT2D eigenvalue weighted by Gasteiger charge is -2.11. The number of carbonyl (C=O) groups excluding carboxylic acids is 2. The van der Waals surface area contributed by atoms with Crippen molar-refractivity contribution in [2.24, 2.45) is 0 Å². The Labute approximate surface area is 362 Å². The number of methoxy groups -OCH3 is 2. The van der Waals surface area contributed by atoms with Crippen LogP contribution < -0.4 is 11.1 Å². The minimum absolute atomic E-state index is 0. The Morgan fingerprint density at radius 3 is 1.63 bits per heavy atom. The SMILES string of the molecule is C.C1CCOC1.COC(=O)Cl.COC(=O)Nc1ccccc1CCC(=S)CCc1ccnc2[nH]ccc12.Nc1ccccc1CCC(=S)CCc1ccnc2[nH]ccc12. The minimum Gasteiger partial charge on any atom is -0.457 e. The third kappa shape index (κ3) is 16.9. The molecule has 1 aliphatic heterocycles. The molecule has 0 radical (unpaired) electrons. The first-order chi connectivity index (χ1) is 28.2. The van der Waals surface area contributed by atoms with E-state index in [9.17, 15) is 9.59 Å². The molecule has 1 saturated heterocycles. The summed E-state index contributed by atoms with van der Waals surface area (Å²) in [5.74, 6) is 0. The molecular formula is C45H55ClN6O5S2. The van der Waals surface area contributed by atoms with Gasteiger partial charge in [-0.15, -0.1) is 0 Å². The Morgan fingerprint density at radius 1 is 0.712 bits per heavy atom. The average molecular weight is 860 g/mol. The highest BCUT2D eigenvalue weighted by molar-refractivity contribution is 7.80. The van der Waals surface area contributed by atoms with E-state index in [1.165, 1.54) is 49.1 Å². The van der Waals surface area contributed by atoms with Crippen molar-refractivity contribution >= 4 is 90.7 Å². The summed E-state index contributed by atoms with van der Waals surface area (Å²) in [5, 5.41) is 5.09. The standard InChI is InChI=1S/C20H21N3O2S.C18H19N3S.C4H8O.C2H3ClO2.CH4/c1-25-20(24)23-18-5-3-2-4-15(18)7-9-16(26)8-6-14-10-12-21-19-17(14)11-13-22-19;19-17-4-2-1-3-14(17)6-8-15(22)7-5-13-9-11-20-18-16(13)10-12-21-18;1-2-4-5-3-1;1-5-2(3)4;/h2-5,10-13H,6-9H2,1H3,(H,21,22)(H,23,24);1-4,9-12H,5-8,19H2,(H,20,21);1-4H2;1H3;1H4. The van der Waals surface area contributed by atoms with Gasteiger partial charge in [0.05, 0.1) is 14.2 Å². The quantitative estimate of drug-likeness (QED) is 0.0500. The second kappa shape index (κ2) is 26.7. The number of halogens is 1. The molecule has 59 heavy (non-hydrogen) atoms. The number of para-hydroxylation sites is 2. The number of rotatable bonds is 13. The molecule has 314 valence electrons. The molecule has 4 aromatic heterocycles. The number of nitrogens with one attached hydrogen (secondary N) is 3. The summed E-state index contributed by atoms with van der Waals surface area (Å²) in [6, 6.07) is 24.0. The molecule has 0 unspecified atom stereocenters. The van der Waals surface area contributed by atoms with E-state index in [1.807, 2.05) is 73.3 Å². The number of nitrogens with two attached hydrogens (primary N) is 1. The van der Waals surface area contributed by atoms with Crippen LogP contribution in [0, 0.1) is 0 Å². The van der Waals surface area contributed by atoms with E-state index in [4.69, 9.17) is 34.9 Å². The lowest BCUT2D eigenvalue weighted by Crippen LogP contribution is -2.12. The van der Waals surface area contributed by atoms with E-state index in [-0.39, 0.29) is 7.43 Å². The predicted octanol–water partition coefficient (Wildman–Crippen LogP) is 11.2. The van der Waals surface area contributed by atoms with Gasteiger partial charge in [-0.2, -0.15) is 0 Å². The average Bonchev–Trinajstić information content (AvgIpc) is 4.07. The molecule has 7 rings (SSSR count). The third-order valence-corrected chi connectivity index (χ3v) is 10.2. The van der Waals surface area contributed by atoms with E-state index in [0.29, 0.717) is 0 Å². The summed E-state index contributed by atoms with van der Waals surface area (Å²) >= 11 is 15.7. The summed E-state index contributed by atoms with van der Waals surface area (Å²) in [6.45, 7) is 2.00. The van der Waals surface area contributed by atoms with Crippen molar-refractivity contribution in [1.29, 1.82) is 0 Å². The number of nitrogens with zero attached hydrogens (tertiary/aromatic N) is 2. The zero-order valence-electron chi connectivity index (χ0n) is 32.9. The van der Waals surface area contributed by atoms with E-state index in [1.54, 1.807) is 0 Å². The van der Waals surface area contributed by atoms with Crippen molar-refractivity contribution in [2.75, 3.05) is 38.5 Å². The summed E-state index contributed by atoms with van der Waals surface area (Å²) in [6.07, 6.45) is 16.7. The van der Waals surface area contributed by atoms with Crippen LogP contribution in [0.5, 0.6) is 0 Å². The Hall–Kier alpha value is -5.21. The van der Waals surface area contributed by atoms with Crippen molar-refractivity contribution in [3.63, 3.8) is 0 Å². The summed E-state index contributed by atoms with van der Waals surface area (Å²) < 4.78 is 13.5. The van der Waals surface area contributed by atoms with Gasteiger partial charge in [0, 0.05) is 71.7 Å². The van der Waals surface area contributed by atoms with Crippen LogP contribution in [0.4, 0.5) is 21.0 Å². The molecule has 0 aliphatic carbocycles. The van der Waals surface area contributed by atoms with Crippen LogP contribution in [0.15, 0.2) is 97.6 Å². The number of aromatic nitrogens is 4. The number of H-pyrrole nitrogens is 2. The topological polar surface area (TPSA) is 157 Å². The fraction of sp³-hybridized carbons (Fsp3) is 0.333. The van der Waals surface area contributed by atoms with E-state index in [2.05, 4.69) is 70.6 Å². The molecule has 1 amide bonds. The van der Waals surface area contributed by atoms with Crippen molar-refractivity contribution < 1.29 is 23.8 Å². The number of benzene rings is 2. The molecule has 5 heterocycles. The molecular weight excluding hydrogens is 804 g/mol. The maximum Gasteiger partial charge on any atom is 0.411 e. The predicted molar refractivity (Wildman–Crippen MR) is 249 cm³/mol. The number of amides is 1. The molecule has 0 saturated carbocycles. The third-order valence-electron chi connectivity index (χ3n) is 9.28. The zero-order chi connectivity index (χ0) is 41.5. The lowest BCUT2D eigenvalue weighted by atomic mass is 10.0. The fourth-order valence-corrected chi connectivity index (χ4v) is 6.52. The Balaban J connectivity index is 0.000000254. The van der Waals surface area contributed by atoms with Crippen molar-refractivity contribution in [2.45, 2.75) is 71.6 Å². The number of aryl methyl sites for hydroxylation is 4. The van der Waals surface area contributed by atoms with Gasteiger partial charge in [0.2, 0.25) is 0 Å². The highest BCUT2D eigenvalue weighted by Crippen LogP contribution is 2.21. The minimum atomic E-state index is -0.773. The van der Waals surface area contributed by atoms with Crippen molar-refractivity contribution in [1.82, 2.24) is 19.9 Å². The molecule has 1 fully saturated rings. The molecule has 2 aromatic carbocycles. The van der Waals surface area contributed by atoms with Crippen molar-refractivity contribution in [3.05, 3.63) is 120 Å². The summed E-state index contributed by atoms with van der Waals surface area (Å²) in [5.41, 5.74) is 13.5. The highest BCUT2D eigenvalue weighted by Gasteiger charge is 2.10. The Morgan fingerprint density at radius 2 is 1.17 bits per heavy atom. The normalized spacial score (nSPS) is 11.4. The zero-order valence-corrected chi connectivity index (χ0v) is 35.3. The van der Waals surface area contributed by atoms with Gasteiger partial charge in [-0.25, -0.2) is 19.6 Å². The van der Waals surface area contributed by atoms with Crippen LogP contribution in [0.1, 0.15) is 68.2 Å². The maximum atomic E-state index is 11.4. The molecule has 6 aromatic rings. The molecule has 5 N–H and O–H groups in total. The molecule has 14 heteroatoms. The number of nitrogen functional groups attached to an aromatic ring is 1. The van der Waals surface area contributed by atoms with Gasteiger partial charge in [-0.05, 0) is 133 Å². The largest absolute Gasteiger partial charge is 0.457 e. The molecule has 0 spiro atoms. The first kappa shape index (κ1) is 48.2. The van der Waals surface area contributed by atoms with Crippen LogP contribution in [-0.4, -0.2) is 68.6 Å². The van der Waals surface area contributed by atoms with Gasteiger partial charge < -0.3 is 29.9 Å². The van der Waals surface area contributed by atoms with Crippen LogP contribution in [0.3, 0.4) is 0 Å². The molecule has 11 nitrogen and oxygen atoms in total. The van der Waals surface area contributed by atoms with E-state index in [0.717, 1.165) is 108 Å². The number of hydrogen-bond donors (Lipinski definition) is 4. The molecule has 0 bridgehead atoms. The second-order valence-electron chi connectivity index (χ2n) is 13.2. The smallest absolute Gasteiger partial charge is 0.411 e. The lowest BCUT2D eigenvalue weighted by molar-refractivity contribution is 0.187. The summed E-state index contributed by atoms with van der Waals surface area (Å²) in [4.78, 5) is 37.8. The van der Waals surface area contributed by atoms with Crippen LogP contribution >= 0.6 is 36.0 Å². The number of hydrogen-bond acceptors (Lipinski definition) is 10. The Bertz CT molecular complexity index is 2210. The van der Waals surface area contributed by atoms with Gasteiger partial charge in [0.1, 0.15) is 11.3 Å². The number of fused-ring (bicyclic) bond motifs is 2. The van der Waals surface area contributed by atoms with Gasteiger partial charge in [-0.1, -0.05) is 68.3 Å². The Kier molecular flexibility index (Phi) is 21.8. The second-order valence-corrected chi connectivity index (χ2v) is 14.7. The number of ether oxygens (including phenoxy) is 3. The first-order valence-electron chi connectivity index (χ1n) is 19.1. The van der Waals surface area contributed by atoms with Crippen LogP contribution in [0.2, 0.25) is 0 Å². The van der Waals surface area contributed by atoms with Crippen LogP contribution in [0.25, 0.3) is 22.1 Å². The number of thiocarbonyl (C=S) groups is 2.